The Hall–Kier alpha value is -0.570. The van der Waals surface area contributed by atoms with Gasteiger partial charge >= 0.3 is 5.97 Å². The number of aliphatic carboxylic acids is 1. The maximum atomic E-state index is 10.2. The van der Waals surface area contributed by atoms with Crippen LogP contribution >= 0.6 is 0 Å². The molecule has 0 rings (SSSR count). The van der Waals surface area contributed by atoms with Crippen LogP contribution in [0.3, 0.4) is 0 Å². The number of carbonyl (C=O) groups is 1. The largest absolute Gasteiger partial charge is 0.481 e. The molecule has 0 aliphatic carbocycles. The van der Waals surface area contributed by atoms with Crippen molar-refractivity contribution in [1.29, 1.82) is 0 Å². The van der Waals surface area contributed by atoms with Gasteiger partial charge in [-0.25, -0.2) is 0 Å². The molecule has 0 aliphatic rings. The van der Waals surface area contributed by atoms with E-state index in [2.05, 4.69) is 0 Å². The van der Waals surface area contributed by atoms with E-state index in [-0.39, 0.29) is 18.9 Å². The highest BCUT2D eigenvalue weighted by atomic mass is 16.4. The standard InChI is InChI=1S/C8H16O3/c1-7(6-8(10)11)4-2-3-5-9/h7,9H,2-6H2,1H3,(H,10,11). The third-order valence-electron chi connectivity index (χ3n) is 1.63. The van der Waals surface area contributed by atoms with E-state index in [1.165, 1.54) is 0 Å². The Morgan fingerprint density at radius 1 is 1.45 bits per heavy atom. The SMILES string of the molecule is CC(CCCCO)CC(=O)O. The summed E-state index contributed by atoms with van der Waals surface area (Å²) in [5.74, 6) is -0.499. The van der Waals surface area contributed by atoms with Crippen LogP contribution in [0, 0.1) is 5.92 Å². The summed E-state index contributed by atoms with van der Waals surface area (Å²) in [6.07, 6.45) is 2.84. The summed E-state index contributed by atoms with van der Waals surface area (Å²) in [5, 5.41) is 16.8. The molecule has 0 aliphatic heterocycles. The van der Waals surface area contributed by atoms with Gasteiger partial charge in [-0.3, -0.25) is 4.79 Å². The third kappa shape index (κ3) is 7.33. The zero-order chi connectivity index (χ0) is 8.69. The van der Waals surface area contributed by atoms with Gasteiger partial charge < -0.3 is 10.2 Å². The van der Waals surface area contributed by atoms with Crippen LogP contribution in [0.25, 0.3) is 0 Å². The lowest BCUT2D eigenvalue weighted by Gasteiger charge is -2.06. The van der Waals surface area contributed by atoms with E-state index in [1.807, 2.05) is 6.92 Å². The molecule has 0 aromatic rings. The van der Waals surface area contributed by atoms with Crippen LogP contribution < -0.4 is 0 Å². The number of aliphatic hydroxyl groups is 1. The molecule has 0 aromatic heterocycles. The van der Waals surface area contributed by atoms with Gasteiger partial charge in [-0.05, 0) is 12.3 Å². The molecule has 3 nitrogen and oxygen atoms in total. The second-order valence-electron chi connectivity index (χ2n) is 2.92. The van der Waals surface area contributed by atoms with E-state index in [1.54, 1.807) is 0 Å². The van der Waals surface area contributed by atoms with Crippen molar-refractivity contribution in [3.63, 3.8) is 0 Å². The molecule has 0 fully saturated rings. The predicted molar refractivity (Wildman–Crippen MR) is 42.4 cm³/mol. The Balaban J connectivity index is 3.22. The molecule has 66 valence electrons. The number of hydrogen-bond acceptors (Lipinski definition) is 2. The molecule has 0 radical (unpaired) electrons. The topological polar surface area (TPSA) is 57.5 Å². The van der Waals surface area contributed by atoms with Crippen LogP contribution in [0.4, 0.5) is 0 Å². The Morgan fingerprint density at radius 3 is 2.55 bits per heavy atom. The van der Waals surface area contributed by atoms with Crippen LogP contribution in [0.5, 0.6) is 0 Å². The maximum absolute atomic E-state index is 10.2. The fourth-order valence-corrected chi connectivity index (χ4v) is 1.00. The van der Waals surface area contributed by atoms with Gasteiger partial charge in [0, 0.05) is 13.0 Å². The molecule has 0 aromatic carbocycles. The molecule has 2 N–H and O–H groups in total. The Morgan fingerprint density at radius 2 is 2.09 bits per heavy atom. The van der Waals surface area contributed by atoms with E-state index in [0.717, 1.165) is 19.3 Å². The lowest BCUT2D eigenvalue weighted by molar-refractivity contribution is -0.138. The van der Waals surface area contributed by atoms with Crippen molar-refractivity contribution in [3.8, 4) is 0 Å². The van der Waals surface area contributed by atoms with Crippen molar-refractivity contribution in [1.82, 2.24) is 0 Å². The first-order valence-electron chi connectivity index (χ1n) is 3.99. The molecule has 1 unspecified atom stereocenters. The number of aliphatic hydroxyl groups excluding tert-OH is 1. The van der Waals surface area contributed by atoms with Crippen LogP contribution in [-0.2, 0) is 4.79 Å². The van der Waals surface area contributed by atoms with Gasteiger partial charge in [-0.2, -0.15) is 0 Å². The second kappa shape index (κ2) is 6.16. The summed E-state index contributed by atoms with van der Waals surface area (Å²) in [5.41, 5.74) is 0. The van der Waals surface area contributed by atoms with E-state index >= 15 is 0 Å². The maximum Gasteiger partial charge on any atom is 0.303 e. The van der Waals surface area contributed by atoms with Gasteiger partial charge in [-0.15, -0.1) is 0 Å². The summed E-state index contributed by atoms with van der Waals surface area (Å²) in [6, 6.07) is 0. The zero-order valence-corrected chi connectivity index (χ0v) is 6.92. The van der Waals surface area contributed by atoms with Crippen LogP contribution in [0.1, 0.15) is 32.6 Å². The number of unbranched alkanes of at least 4 members (excludes halogenated alkanes) is 1. The van der Waals surface area contributed by atoms with Crippen LogP contribution in [0.15, 0.2) is 0 Å². The van der Waals surface area contributed by atoms with E-state index in [4.69, 9.17) is 10.2 Å². The monoisotopic (exact) mass is 160 g/mol. The molecular formula is C8H16O3. The van der Waals surface area contributed by atoms with Gasteiger partial charge in [-0.1, -0.05) is 19.8 Å². The lowest BCUT2D eigenvalue weighted by Crippen LogP contribution is -2.04. The first-order chi connectivity index (χ1) is 5.16. The smallest absolute Gasteiger partial charge is 0.303 e. The van der Waals surface area contributed by atoms with Crippen molar-refractivity contribution < 1.29 is 15.0 Å². The highest BCUT2D eigenvalue weighted by Gasteiger charge is 2.06. The van der Waals surface area contributed by atoms with Crippen molar-refractivity contribution in [2.75, 3.05) is 6.61 Å². The molecular weight excluding hydrogens is 144 g/mol. The Labute approximate surface area is 67.0 Å². The molecule has 1 atom stereocenters. The zero-order valence-electron chi connectivity index (χ0n) is 6.92. The summed E-state index contributed by atoms with van der Waals surface area (Å²) in [4.78, 5) is 10.2. The minimum Gasteiger partial charge on any atom is -0.481 e. The minimum atomic E-state index is -0.735. The van der Waals surface area contributed by atoms with Gasteiger partial charge in [0.25, 0.3) is 0 Å². The third-order valence-corrected chi connectivity index (χ3v) is 1.63. The van der Waals surface area contributed by atoms with Crippen molar-refractivity contribution >= 4 is 5.97 Å². The normalized spacial score (nSPS) is 12.9. The van der Waals surface area contributed by atoms with Crippen molar-refractivity contribution in [3.05, 3.63) is 0 Å². The van der Waals surface area contributed by atoms with Gasteiger partial charge in [0.2, 0.25) is 0 Å². The molecule has 3 heteroatoms. The first-order valence-corrected chi connectivity index (χ1v) is 3.99. The summed E-state index contributed by atoms with van der Waals surface area (Å²) in [6.45, 7) is 2.13. The number of carboxylic acids is 1. The van der Waals surface area contributed by atoms with E-state index in [0.29, 0.717) is 0 Å². The van der Waals surface area contributed by atoms with E-state index in [9.17, 15) is 4.79 Å². The van der Waals surface area contributed by atoms with E-state index < -0.39 is 5.97 Å². The minimum absolute atomic E-state index is 0.208. The quantitative estimate of drug-likeness (QED) is 0.575. The average molecular weight is 160 g/mol. The average Bonchev–Trinajstić information content (AvgIpc) is 1.86. The van der Waals surface area contributed by atoms with Gasteiger partial charge in [0.1, 0.15) is 0 Å². The number of hydrogen-bond donors (Lipinski definition) is 2. The molecule has 0 spiro atoms. The van der Waals surface area contributed by atoms with Crippen molar-refractivity contribution in [2.24, 2.45) is 5.92 Å². The van der Waals surface area contributed by atoms with Crippen molar-refractivity contribution in [2.45, 2.75) is 32.6 Å². The fourth-order valence-electron chi connectivity index (χ4n) is 1.00. The lowest BCUT2D eigenvalue weighted by atomic mass is 10.0. The summed E-state index contributed by atoms with van der Waals surface area (Å²) >= 11 is 0. The first kappa shape index (κ1) is 10.4. The highest BCUT2D eigenvalue weighted by molar-refractivity contribution is 5.66. The molecule has 0 heterocycles. The molecule has 0 amide bonds. The summed E-state index contributed by atoms with van der Waals surface area (Å²) < 4.78 is 0. The number of carboxylic acid groups (broad SMARTS) is 1. The Kier molecular flexibility index (Phi) is 5.84. The van der Waals surface area contributed by atoms with Gasteiger partial charge in [0.15, 0.2) is 0 Å². The van der Waals surface area contributed by atoms with Crippen LogP contribution in [-0.4, -0.2) is 22.8 Å². The molecule has 0 bridgehead atoms. The Bertz CT molecular complexity index is 112. The molecule has 0 saturated heterocycles. The predicted octanol–water partition coefficient (Wildman–Crippen LogP) is 1.26. The van der Waals surface area contributed by atoms with Gasteiger partial charge in [0.05, 0.1) is 0 Å². The highest BCUT2D eigenvalue weighted by Crippen LogP contribution is 2.10. The summed E-state index contributed by atoms with van der Waals surface area (Å²) in [7, 11) is 0. The molecule has 0 saturated carbocycles. The fraction of sp³-hybridized carbons (Fsp3) is 0.875. The second-order valence-corrected chi connectivity index (χ2v) is 2.92. The molecule has 11 heavy (non-hydrogen) atoms. The number of rotatable bonds is 6. The van der Waals surface area contributed by atoms with Crippen LogP contribution in [0.2, 0.25) is 0 Å².